The van der Waals surface area contributed by atoms with Gasteiger partial charge in [0.05, 0.1) is 29.6 Å². The fraction of sp³-hybridized carbons (Fsp3) is 0.364. The third kappa shape index (κ3) is 4.04. The first kappa shape index (κ1) is 21.0. The number of carboxylic acids is 1. The molecule has 0 bridgehead atoms. The van der Waals surface area contributed by atoms with E-state index in [0.717, 1.165) is 24.9 Å². The van der Waals surface area contributed by atoms with Crippen molar-refractivity contribution < 1.29 is 9.90 Å². The fourth-order valence-corrected chi connectivity index (χ4v) is 4.96. The molecule has 0 aliphatic carbocycles. The number of aromatic nitrogens is 2. The summed E-state index contributed by atoms with van der Waals surface area (Å²) in [6.45, 7) is 3.11. The fourth-order valence-electron chi connectivity index (χ4n) is 3.87. The zero-order valence-corrected chi connectivity index (χ0v) is 17.9. The van der Waals surface area contributed by atoms with E-state index in [-0.39, 0.29) is 18.1 Å². The van der Waals surface area contributed by atoms with Gasteiger partial charge in [-0.1, -0.05) is 18.2 Å². The van der Waals surface area contributed by atoms with Crippen LogP contribution in [0.4, 0.5) is 5.95 Å². The molecule has 3 heterocycles. The minimum absolute atomic E-state index is 0.00809. The summed E-state index contributed by atoms with van der Waals surface area (Å²) in [5.41, 5.74) is 7.67. The van der Waals surface area contributed by atoms with Gasteiger partial charge < -0.3 is 15.7 Å². The standard InChI is InChI=1S/C22H23N5O3S/c1-13(21(29)30)18-9-17-19(31-18)20(28)27(11-15-6-3-2-5-14(15)10-23)22(25-17)26-8-4-7-16(24)12-26/h2-3,5-6,9,13,16H,4,7-8,11-12,24H2,1H3,(H,29,30)/t13-,16?/m0/s1. The SMILES string of the molecule is C[C@H](C(=O)O)c1cc2nc(N3CCCC(N)C3)n(Cc3ccccc3C#N)c(=O)c2s1. The number of nitriles is 1. The van der Waals surface area contributed by atoms with Crippen LogP contribution in [0, 0.1) is 11.3 Å². The normalized spacial score (nSPS) is 17.5. The number of aliphatic carboxylic acids is 1. The van der Waals surface area contributed by atoms with Crippen LogP contribution in [-0.4, -0.2) is 39.8 Å². The molecule has 1 fully saturated rings. The molecule has 1 aliphatic rings. The van der Waals surface area contributed by atoms with Crippen LogP contribution in [0.3, 0.4) is 0 Å². The first-order chi connectivity index (χ1) is 14.9. The van der Waals surface area contributed by atoms with Gasteiger partial charge in [0, 0.05) is 24.0 Å². The molecule has 160 valence electrons. The highest BCUT2D eigenvalue weighted by Crippen LogP contribution is 2.30. The molecule has 1 aromatic carbocycles. The summed E-state index contributed by atoms with van der Waals surface area (Å²) in [6.07, 6.45) is 1.81. The number of rotatable bonds is 5. The molecule has 1 unspecified atom stereocenters. The molecule has 0 amide bonds. The van der Waals surface area contributed by atoms with Gasteiger partial charge in [-0.15, -0.1) is 11.3 Å². The lowest BCUT2D eigenvalue weighted by atomic mass is 10.1. The number of nitrogens with two attached hydrogens (primary N) is 1. The molecule has 0 saturated carbocycles. The van der Waals surface area contributed by atoms with E-state index in [9.17, 15) is 20.0 Å². The van der Waals surface area contributed by atoms with Gasteiger partial charge in [0.2, 0.25) is 5.95 Å². The van der Waals surface area contributed by atoms with Gasteiger partial charge in [-0.25, -0.2) is 4.98 Å². The highest BCUT2D eigenvalue weighted by molar-refractivity contribution is 7.19. The van der Waals surface area contributed by atoms with E-state index in [1.807, 2.05) is 17.0 Å². The first-order valence-electron chi connectivity index (χ1n) is 10.1. The van der Waals surface area contributed by atoms with Crippen molar-refractivity contribution in [3.63, 3.8) is 0 Å². The lowest BCUT2D eigenvalue weighted by molar-refractivity contribution is -0.138. The number of nitrogens with zero attached hydrogens (tertiary/aromatic N) is 4. The second-order valence-corrected chi connectivity index (χ2v) is 8.93. The Hall–Kier alpha value is -3.22. The van der Waals surface area contributed by atoms with E-state index in [2.05, 4.69) is 6.07 Å². The number of carbonyl (C=O) groups is 1. The van der Waals surface area contributed by atoms with Gasteiger partial charge >= 0.3 is 5.97 Å². The van der Waals surface area contributed by atoms with Gasteiger partial charge in [-0.3, -0.25) is 14.2 Å². The number of fused-ring (bicyclic) bond motifs is 1. The van der Waals surface area contributed by atoms with Crippen molar-refractivity contribution in [2.24, 2.45) is 5.73 Å². The molecule has 3 N–H and O–H groups in total. The van der Waals surface area contributed by atoms with Crippen molar-refractivity contribution in [1.82, 2.24) is 9.55 Å². The Kier molecular flexibility index (Phi) is 5.76. The van der Waals surface area contributed by atoms with Crippen molar-refractivity contribution in [3.8, 4) is 6.07 Å². The van der Waals surface area contributed by atoms with Gasteiger partial charge in [0.25, 0.3) is 5.56 Å². The topological polar surface area (TPSA) is 125 Å². The molecule has 2 aromatic heterocycles. The number of anilines is 1. The van der Waals surface area contributed by atoms with E-state index in [1.165, 1.54) is 11.3 Å². The maximum absolute atomic E-state index is 13.5. The Morgan fingerprint density at radius 2 is 2.23 bits per heavy atom. The zero-order chi connectivity index (χ0) is 22.1. The van der Waals surface area contributed by atoms with Crippen molar-refractivity contribution >= 4 is 33.5 Å². The summed E-state index contributed by atoms with van der Waals surface area (Å²) in [5, 5.41) is 18.8. The quantitative estimate of drug-likeness (QED) is 0.628. The summed E-state index contributed by atoms with van der Waals surface area (Å²) >= 11 is 1.17. The molecular formula is C22H23N5O3S. The van der Waals surface area contributed by atoms with Crippen LogP contribution < -0.4 is 16.2 Å². The maximum atomic E-state index is 13.5. The van der Waals surface area contributed by atoms with E-state index < -0.39 is 11.9 Å². The predicted molar refractivity (Wildman–Crippen MR) is 120 cm³/mol. The highest BCUT2D eigenvalue weighted by Gasteiger charge is 2.25. The van der Waals surface area contributed by atoms with Crippen LogP contribution in [0.2, 0.25) is 0 Å². The molecular weight excluding hydrogens is 414 g/mol. The van der Waals surface area contributed by atoms with Crippen molar-refractivity contribution in [1.29, 1.82) is 5.26 Å². The van der Waals surface area contributed by atoms with Gasteiger partial charge in [0.15, 0.2) is 0 Å². The molecule has 4 rings (SSSR count). The monoisotopic (exact) mass is 437 g/mol. The van der Waals surface area contributed by atoms with E-state index in [4.69, 9.17) is 10.7 Å². The number of benzene rings is 1. The average Bonchev–Trinajstić information content (AvgIpc) is 3.19. The number of carboxylic acid groups (broad SMARTS) is 1. The Morgan fingerprint density at radius 3 is 2.94 bits per heavy atom. The maximum Gasteiger partial charge on any atom is 0.311 e. The third-order valence-electron chi connectivity index (χ3n) is 5.64. The number of hydrogen-bond acceptors (Lipinski definition) is 7. The zero-order valence-electron chi connectivity index (χ0n) is 17.1. The summed E-state index contributed by atoms with van der Waals surface area (Å²) < 4.78 is 2.00. The predicted octanol–water partition coefficient (Wildman–Crippen LogP) is 2.49. The van der Waals surface area contributed by atoms with Crippen LogP contribution in [0.25, 0.3) is 10.2 Å². The Labute approximate surface area is 183 Å². The van der Waals surface area contributed by atoms with Crippen molar-refractivity contribution in [2.75, 3.05) is 18.0 Å². The van der Waals surface area contributed by atoms with E-state index >= 15 is 0 Å². The van der Waals surface area contributed by atoms with Gasteiger partial charge in [0.1, 0.15) is 4.70 Å². The smallest absolute Gasteiger partial charge is 0.311 e. The minimum Gasteiger partial charge on any atom is -0.481 e. The van der Waals surface area contributed by atoms with Crippen LogP contribution >= 0.6 is 11.3 Å². The molecule has 0 spiro atoms. The summed E-state index contributed by atoms with van der Waals surface area (Å²) in [7, 11) is 0. The van der Waals surface area contributed by atoms with Crippen LogP contribution in [0.1, 0.15) is 41.7 Å². The minimum atomic E-state index is -0.947. The highest BCUT2D eigenvalue weighted by atomic mass is 32.1. The van der Waals surface area contributed by atoms with Crippen LogP contribution in [0.15, 0.2) is 35.1 Å². The number of hydrogen-bond donors (Lipinski definition) is 2. The second-order valence-electron chi connectivity index (χ2n) is 7.84. The van der Waals surface area contributed by atoms with Crippen LogP contribution in [0.5, 0.6) is 0 Å². The molecule has 1 aliphatic heterocycles. The summed E-state index contributed by atoms with van der Waals surface area (Å²) in [6, 6.07) is 11.0. The van der Waals surface area contributed by atoms with Crippen molar-refractivity contribution in [3.05, 3.63) is 56.7 Å². The van der Waals surface area contributed by atoms with E-state index in [0.29, 0.717) is 33.2 Å². The third-order valence-corrected chi connectivity index (χ3v) is 6.93. The number of piperidine rings is 1. The largest absolute Gasteiger partial charge is 0.481 e. The molecule has 31 heavy (non-hydrogen) atoms. The summed E-state index contributed by atoms with van der Waals surface area (Å²) in [4.78, 5) is 32.3. The van der Waals surface area contributed by atoms with E-state index in [1.54, 1.807) is 29.7 Å². The molecule has 8 nitrogen and oxygen atoms in total. The summed E-state index contributed by atoms with van der Waals surface area (Å²) in [5.74, 6) is -1.16. The lowest BCUT2D eigenvalue weighted by Crippen LogP contribution is -2.45. The second kappa shape index (κ2) is 8.49. The Morgan fingerprint density at radius 1 is 1.45 bits per heavy atom. The van der Waals surface area contributed by atoms with Crippen LogP contribution in [-0.2, 0) is 11.3 Å². The van der Waals surface area contributed by atoms with Gasteiger partial charge in [-0.2, -0.15) is 5.26 Å². The molecule has 1 saturated heterocycles. The van der Waals surface area contributed by atoms with Gasteiger partial charge in [-0.05, 0) is 37.5 Å². The molecule has 3 aromatic rings. The first-order valence-corrected chi connectivity index (χ1v) is 11.0. The Balaban J connectivity index is 1.89. The lowest BCUT2D eigenvalue weighted by Gasteiger charge is -2.33. The average molecular weight is 438 g/mol. The molecule has 2 atom stereocenters. The molecule has 0 radical (unpaired) electrons. The Bertz CT molecular complexity index is 1240. The molecule has 9 heteroatoms. The van der Waals surface area contributed by atoms with Crippen molar-refractivity contribution in [2.45, 2.75) is 38.3 Å². The number of thiophene rings is 1.